The van der Waals surface area contributed by atoms with E-state index in [2.05, 4.69) is 63.2 Å². The first-order valence-electron chi connectivity index (χ1n) is 11.0. The number of fused-ring (bicyclic) bond motifs is 5. The summed E-state index contributed by atoms with van der Waals surface area (Å²) in [5.41, 5.74) is 4.85. The second-order valence-electron chi connectivity index (χ2n) is 8.33. The third-order valence-corrected chi connectivity index (χ3v) is 6.26. The van der Waals surface area contributed by atoms with Crippen molar-refractivity contribution < 1.29 is 0 Å². The summed E-state index contributed by atoms with van der Waals surface area (Å²) in [5.74, 6) is 1.04. The molecule has 6 heteroatoms. The molecule has 32 heavy (non-hydrogen) atoms. The number of H-pyrrole nitrogens is 1. The summed E-state index contributed by atoms with van der Waals surface area (Å²) >= 11 is 0. The molecule has 0 aliphatic carbocycles. The van der Waals surface area contributed by atoms with Crippen molar-refractivity contribution in [1.29, 1.82) is 0 Å². The SMILES string of the molecule is CN1CCN(c2nc3c(N=Cc4ccccn4)cccc3c3[nH]c4ccccc4c23)CC1. The number of para-hydroxylation sites is 2. The molecular formula is C26H24N6. The van der Waals surface area contributed by atoms with Crippen LogP contribution >= 0.6 is 0 Å². The fourth-order valence-corrected chi connectivity index (χ4v) is 4.53. The van der Waals surface area contributed by atoms with Gasteiger partial charge in [-0.25, -0.2) is 4.98 Å². The van der Waals surface area contributed by atoms with Gasteiger partial charge in [-0.1, -0.05) is 36.4 Å². The molecule has 158 valence electrons. The molecule has 0 spiro atoms. The molecule has 5 aromatic rings. The summed E-state index contributed by atoms with van der Waals surface area (Å²) in [4.78, 5) is 22.8. The van der Waals surface area contributed by atoms with Gasteiger partial charge in [-0.15, -0.1) is 0 Å². The number of aromatic nitrogens is 3. The zero-order chi connectivity index (χ0) is 21.5. The lowest BCUT2D eigenvalue weighted by molar-refractivity contribution is 0.312. The van der Waals surface area contributed by atoms with Crippen LogP contribution in [0, 0.1) is 0 Å². The minimum atomic E-state index is 0.829. The number of anilines is 1. The summed E-state index contributed by atoms with van der Waals surface area (Å²) in [5, 5.41) is 3.50. The number of hydrogen-bond acceptors (Lipinski definition) is 5. The highest BCUT2D eigenvalue weighted by Gasteiger charge is 2.22. The van der Waals surface area contributed by atoms with Crippen LogP contribution in [-0.2, 0) is 0 Å². The number of aliphatic imine (C=N–C) groups is 1. The van der Waals surface area contributed by atoms with Gasteiger partial charge in [0.25, 0.3) is 0 Å². The lowest BCUT2D eigenvalue weighted by Gasteiger charge is -2.33. The van der Waals surface area contributed by atoms with Crippen LogP contribution in [-0.4, -0.2) is 59.3 Å². The molecule has 2 aromatic carbocycles. The van der Waals surface area contributed by atoms with Gasteiger partial charge in [-0.2, -0.15) is 0 Å². The maximum absolute atomic E-state index is 5.24. The quantitative estimate of drug-likeness (QED) is 0.427. The van der Waals surface area contributed by atoms with Crippen LogP contribution in [0.5, 0.6) is 0 Å². The Kier molecular flexibility index (Phi) is 4.58. The topological polar surface area (TPSA) is 60.4 Å². The third-order valence-electron chi connectivity index (χ3n) is 6.26. The lowest BCUT2D eigenvalue weighted by Crippen LogP contribution is -2.44. The van der Waals surface area contributed by atoms with Crippen molar-refractivity contribution in [3.8, 4) is 0 Å². The molecule has 0 amide bonds. The minimum absolute atomic E-state index is 0.829. The van der Waals surface area contributed by atoms with Crippen molar-refractivity contribution >= 4 is 50.4 Å². The van der Waals surface area contributed by atoms with Crippen molar-refractivity contribution in [3.63, 3.8) is 0 Å². The molecule has 0 atom stereocenters. The third kappa shape index (κ3) is 3.20. The first-order valence-corrected chi connectivity index (χ1v) is 11.0. The molecule has 1 saturated heterocycles. The summed E-state index contributed by atoms with van der Waals surface area (Å²) in [6.07, 6.45) is 3.59. The Hall–Kier alpha value is -3.77. The first-order chi connectivity index (χ1) is 15.8. The molecule has 1 aliphatic rings. The predicted molar refractivity (Wildman–Crippen MR) is 132 cm³/mol. The number of piperazine rings is 1. The standard InChI is InChI=1S/C26H24N6/c1-31-13-15-32(16-14-31)26-23-19-8-2-3-10-21(19)29-25(23)20-9-6-11-22(24(20)30-26)28-17-18-7-4-5-12-27-18/h2-12,17,29H,13-16H2,1H3. The second-order valence-corrected chi connectivity index (χ2v) is 8.33. The molecular weight excluding hydrogens is 396 g/mol. The number of rotatable bonds is 3. The fourth-order valence-electron chi connectivity index (χ4n) is 4.53. The molecule has 0 radical (unpaired) electrons. The number of nitrogens with one attached hydrogen (secondary N) is 1. The average Bonchev–Trinajstić information content (AvgIpc) is 3.23. The van der Waals surface area contributed by atoms with Crippen LogP contribution in [0.2, 0.25) is 0 Å². The molecule has 3 aromatic heterocycles. The first kappa shape index (κ1) is 19.0. The van der Waals surface area contributed by atoms with Crippen LogP contribution in [0.4, 0.5) is 11.5 Å². The van der Waals surface area contributed by atoms with Gasteiger partial charge in [0, 0.05) is 48.7 Å². The summed E-state index contributed by atoms with van der Waals surface area (Å²) in [6, 6.07) is 20.5. The molecule has 0 unspecified atom stereocenters. The average molecular weight is 421 g/mol. The summed E-state index contributed by atoms with van der Waals surface area (Å²) in [6.45, 7) is 3.98. The molecule has 6 rings (SSSR count). The predicted octanol–water partition coefficient (Wildman–Crippen LogP) is 4.77. The van der Waals surface area contributed by atoms with Crippen LogP contribution in [0.15, 0.2) is 71.9 Å². The monoisotopic (exact) mass is 420 g/mol. The van der Waals surface area contributed by atoms with Gasteiger partial charge >= 0.3 is 0 Å². The van der Waals surface area contributed by atoms with E-state index >= 15 is 0 Å². The normalized spacial score (nSPS) is 15.5. The zero-order valence-corrected chi connectivity index (χ0v) is 18.0. The summed E-state index contributed by atoms with van der Waals surface area (Å²) in [7, 11) is 2.18. The lowest BCUT2D eigenvalue weighted by atomic mass is 10.1. The Morgan fingerprint density at radius 2 is 1.72 bits per heavy atom. The van der Waals surface area contributed by atoms with Crippen molar-refractivity contribution in [2.24, 2.45) is 4.99 Å². The Morgan fingerprint density at radius 3 is 2.56 bits per heavy atom. The molecule has 0 saturated carbocycles. The van der Waals surface area contributed by atoms with Crippen molar-refractivity contribution in [2.75, 3.05) is 38.1 Å². The highest BCUT2D eigenvalue weighted by molar-refractivity contribution is 6.21. The number of likely N-dealkylation sites (N-methyl/N-ethyl adjacent to an activating group) is 1. The number of pyridine rings is 2. The van der Waals surface area contributed by atoms with Gasteiger partial charge < -0.3 is 14.8 Å². The molecule has 6 nitrogen and oxygen atoms in total. The van der Waals surface area contributed by atoms with Crippen LogP contribution in [0.25, 0.3) is 32.7 Å². The largest absolute Gasteiger partial charge is 0.354 e. The highest BCUT2D eigenvalue weighted by atomic mass is 15.3. The van der Waals surface area contributed by atoms with Gasteiger partial charge in [-0.3, -0.25) is 9.98 Å². The van der Waals surface area contributed by atoms with E-state index in [1.807, 2.05) is 24.3 Å². The highest BCUT2D eigenvalue weighted by Crippen LogP contribution is 2.39. The van der Waals surface area contributed by atoms with Gasteiger partial charge in [0.1, 0.15) is 11.3 Å². The van der Waals surface area contributed by atoms with Crippen LogP contribution in [0.3, 0.4) is 0 Å². The van der Waals surface area contributed by atoms with Gasteiger partial charge in [-0.05, 0) is 31.3 Å². The smallest absolute Gasteiger partial charge is 0.139 e. The Bertz CT molecular complexity index is 1450. The summed E-state index contributed by atoms with van der Waals surface area (Å²) < 4.78 is 0. The van der Waals surface area contributed by atoms with Gasteiger partial charge in [0.05, 0.1) is 28.5 Å². The van der Waals surface area contributed by atoms with E-state index in [9.17, 15) is 0 Å². The molecule has 1 aliphatic heterocycles. The second kappa shape index (κ2) is 7.73. The van der Waals surface area contributed by atoms with Crippen LogP contribution in [0.1, 0.15) is 5.69 Å². The molecule has 1 N–H and O–H groups in total. The zero-order valence-electron chi connectivity index (χ0n) is 18.0. The molecule has 4 heterocycles. The Labute approximate surface area is 186 Å². The van der Waals surface area contributed by atoms with Crippen LogP contribution < -0.4 is 4.90 Å². The Morgan fingerprint density at radius 1 is 0.906 bits per heavy atom. The number of hydrogen-bond donors (Lipinski definition) is 1. The number of aromatic amines is 1. The van der Waals surface area contributed by atoms with Gasteiger partial charge in [0.2, 0.25) is 0 Å². The molecule has 0 bridgehead atoms. The van der Waals surface area contributed by atoms with Crippen molar-refractivity contribution in [2.45, 2.75) is 0 Å². The fraction of sp³-hybridized carbons (Fsp3) is 0.192. The van der Waals surface area contributed by atoms with E-state index in [0.29, 0.717) is 0 Å². The maximum Gasteiger partial charge on any atom is 0.139 e. The Balaban J connectivity index is 1.60. The molecule has 1 fully saturated rings. The van der Waals surface area contributed by atoms with E-state index < -0.39 is 0 Å². The van der Waals surface area contributed by atoms with E-state index in [1.165, 1.54) is 10.8 Å². The van der Waals surface area contributed by atoms with Crippen molar-refractivity contribution in [1.82, 2.24) is 19.9 Å². The number of nitrogens with zero attached hydrogens (tertiary/aromatic N) is 5. The van der Waals surface area contributed by atoms with E-state index in [1.54, 1.807) is 12.4 Å². The van der Waals surface area contributed by atoms with Crippen molar-refractivity contribution in [3.05, 3.63) is 72.6 Å². The number of benzene rings is 2. The van der Waals surface area contributed by atoms with E-state index in [-0.39, 0.29) is 0 Å². The maximum atomic E-state index is 5.24. The minimum Gasteiger partial charge on any atom is -0.354 e. The van der Waals surface area contributed by atoms with E-state index in [4.69, 9.17) is 9.98 Å². The van der Waals surface area contributed by atoms with Gasteiger partial charge in [0.15, 0.2) is 0 Å². The van der Waals surface area contributed by atoms with E-state index in [0.717, 1.165) is 65.3 Å².